The minimum absolute atomic E-state index is 0.374. The first kappa shape index (κ1) is 13.6. The fraction of sp³-hybridized carbons (Fsp3) is 0.0667. The molecule has 0 radical (unpaired) electrons. The predicted octanol–water partition coefficient (Wildman–Crippen LogP) is 5.49. The molecule has 0 aliphatic heterocycles. The first-order valence-electron chi connectivity index (χ1n) is 5.99. The van der Waals surface area contributed by atoms with Crippen molar-refractivity contribution < 1.29 is 0 Å². The van der Waals surface area contributed by atoms with Crippen molar-refractivity contribution in [2.24, 2.45) is 0 Å². The molecule has 2 aromatic heterocycles. The Balaban J connectivity index is 2.14. The number of nitrogens with zero attached hydrogens (tertiary/aromatic N) is 2. The van der Waals surface area contributed by atoms with Crippen LogP contribution in [0.25, 0.3) is 21.8 Å². The van der Waals surface area contributed by atoms with Gasteiger partial charge >= 0.3 is 0 Å². The molecule has 0 amide bonds. The number of aromatic nitrogens is 2. The smallest absolute Gasteiger partial charge is 0.172 e. The minimum atomic E-state index is 0.374. The average molecular weight is 321 g/mol. The Morgan fingerprint density at radius 1 is 1.00 bits per heavy atom. The van der Waals surface area contributed by atoms with E-state index in [9.17, 15) is 0 Å². The molecule has 1 aromatic carbocycles. The topological polar surface area (TPSA) is 25.8 Å². The van der Waals surface area contributed by atoms with Crippen molar-refractivity contribution in [2.75, 3.05) is 0 Å². The van der Waals surface area contributed by atoms with E-state index in [1.807, 2.05) is 48.7 Å². The highest BCUT2D eigenvalue weighted by atomic mass is 35.5. The fourth-order valence-corrected chi connectivity index (χ4v) is 3.23. The Hall–Kier alpha value is -1.42. The summed E-state index contributed by atoms with van der Waals surface area (Å²) >= 11 is 14.2. The van der Waals surface area contributed by atoms with E-state index < -0.39 is 0 Å². The van der Waals surface area contributed by atoms with Crippen LogP contribution in [-0.4, -0.2) is 9.97 Å². The monoisotopic (exact) mass is 320 g/mol. The summed E-state index contributed by atoms with van der Waals surface area (Å²) in [6.07, 6.45) is 0. The van der Waals surface area contributed by atoms with E-state index >= 15 is 0 Å². The van der Waals surface area contributed by atoms with Gasteiger partial charge < -0.3 is 0 Å². The van der Waals surface area contributed by atoms with E-state index in [1.54, 1.807) is 11.3 Å². The molecule has 20 heavy (non-hydrogen) atoms. The molecule has 0 spiro atoms. The van der Waals surface area contributed by atoms with Crippen LogP contribution in [0.15, 0.2) is 41.8 Å². The molecule has 5 heteroatoms. The van der Waals surface area contributed by atoms with Crippen molar-refractivity contribution in [3.05, 3.63) is 57.6 Å². The molecule has 0 saturated carbocycles. The van der Waals surface area contributed by atoms with Crippen LogP contribution >= 0.6 is 34.5 Å². The van der Waals surface area contributed by atoms with Crippen LogP contribution in [0.2, 0.25) is 10.3 Å². The van der Waals surface area contributed by atoms with Crippen molar-refractivity contribution >= 4 is 34.5 Å². The summed E-state index contributed by atoms with van der Waals surface area (Å²) < 4.78 is 0. The first-order chi connectivity index (χ1) is 9.65. The highest BCUT2D eigenvalue weighted by molar-refractivity contribution is 7.13. The van der Waals surface area contributed by atoms with Gasteiger partial charge in [0, 0.05) is 0 Å². The summed E-state index contributed by atoms with van der Waals surface area (Å²) in [6, 6.07) is 11.8. The molecule has 3 aromatic rings. The third-order valence-corrected chi connectivity index (χ3v) is 4.28. The number of rotatable bonds is 2. The molecule has 0 bridgehead atoms. The van der Waals surface area contributed by atoms with Crippen LogP contribution < -0.4 is 0 Å². The number of aryl methyl sites for hydroxylation is 1. The molecule has 0 fully saturated rings. The molecule has 0 N–H and O–H groups in total. The van der Waals surface area contributed by atoms with Gasteiger partial charge in [0.1, 0.15) is 10.3 Å². The number of halogens is 2. The quantitative estimate of drug-likeness (QED) is 0.583. The third kappa shape index (κ3) is 2.57. The third-order valence-electron chi connectivity index (χ3n) is 2.87. The van der Waals surface area contributed by atoms with Crippen molar-refractivity contribution in [3.8, 4) is 21.8 Å². The Morgan fingerprint density at radius 2 is 1.75 bits per heavy atom. The van der Waals surface area contributed by atoms with E-state index in [1.165, 1.54) is 0 Å². The van der Waals surface area contributed by atoms with Crippen LogP contribution in [0.5, 0.6) is 0 Å². The Bertz CT molecular complexity index is 731. The van der Waals surface area contributed by atoms with Crippen molar-refractivity contribution in [3.63, 3.8) is 0 Å². The highest BCUT2D eigenvalue weighted by Crippen LogP contribution is 2.35. The molecule has 0 aliphatic carbocycles. The summed E-state index contributed by atoms with van der Waals surface area (Å²) in [7, 11) is 0. The minimum Gasteiger partial charge on any atom is -0.215 e. The van der Waals surface area contributed by atoms with Crippen molar-refractivity contribution in [1.29, 1.82) is 0 Å². The molecular weight excluding hydrogens is 311 g/mol. The van der Waals surface area contributed by atoms with Gasteiger partial charge in [-0.05, 0) is 23.9 Å². The van der Waals surface area contributed by atoms with E-state index in [0.29, 0.717) is 21.7 Å². The van der Waals surface area contributed by atoms with E-state index in [0.717, 1.165) is 16.0 Å². The fourth-order valence-electron chi connectivity index (χ4n) is 1.96. The lowest BCUT2D eigenvalue weighted by molar-refractivity contribution is 1.19. The SMILES string of the molecule is Cc1cccc(-c2c(Cl)nc(-c3cccs3)nc2Cl)c1. The van der Waals surface area contributed by atoms with Gasteiger partial charge in [-0.2, -0.15) is 0 Å². The maximum Gasteiger partial charge on any atom is 0.172 e. The lowest BCUT2D eigenvalue weighted by Gasteiger charge is -2.08. The summed E-state index contributed by atoms with van der Waals surface area (Å²) in [5, 5.41) is 2.72. The average Bonchev–Trinajstić information content (AvgIpc) is 2.91. The van der Waals surface area contributed by atoms with E-state index in [2.05, 4.69) is 9.97 Å². The summed E-state index contributed by atoms with van der Waals surface area (Å²) in [5.41, 5.74) is 2.74. The normalized spacial score (nSPS) is 10.8. The van der Waals surface area contributed by atoms with Crippen LogP contribution in [0.1, 0.15) is 5.56 Å². The number of benzene rings is 1. The molecule has 3 rings (SSSR count). The van der Waals surface area contributed by atoms with Gasteiger partial charge in [0.05, 0.1) is 10.4 Å². The standard InChI is InChI=1S/C15H10Cl2N2S/c1-9-4-2-5-10(8-9)12-13(16)18-15(19-14(12)17)11-6-3-7-20-11/h2-8H,1H3. The molecule has 2 nitrogen and oxygen atoms in total. The summed E-state index contributed by atoms with van der Waals surface area (Å²) in [4.78, 5) is 9.67. The van der Waals surface area contributed by atoms with E-state index in [-0.39, 0.29) is 0 Å². The molecule has 2 heterocycles. The summed E-state index contributed by atoms with van der Waals surface area (Å²) in [5.74, 6) is 0.561. The zero-order chi connectivity index (χ0) is 14.1. The lowest BCUT2D eigenvalue weighted by Crippen LogP contribution is -1.93. The first-order valence-corrected chi connectivity index (χ1v) is 7.62. The second-order valence-electron chi connectivity index (χ2n) is 4.35. The maximum absolute atomic E-state index is 6.31. The second-order valence-corrected chi connectivity index (χ2v) is 6.01. The Labute approximate surface area is 131 Å². The van der Waals surface area contributed by atoms with Gasteiger partial charge in [0.25, 0.3) is 0 Å². The van der Waals surface area contributed by atoms with Gasteiger partial charge in [-0.1, -0.05) is 59.1 Å². The van der Waals surface area contributed by atoms with Gasteiger partial charge in [0.15, 0.2) is 5.82 Å². The number of hydrogen-bond acceptors (Lipinski definition) is 3. The molecule has 0 saturated heterocycles. The molecule has 100 valence electrons. The van der Waals surface area contributed by atoms with Crippen LogP contribution in [0, 0.1) is 6.92 Å². The van der Waals surface area contributed by atoms with Gasteiger partial charge in [0.2, 0.25) is 0 Å². The van der Waals surface area contributed by atoms with Crippen molar-refractivity contribution in [2.45, 2.75) is 6.92 Å². The summed E-state index contributed by atoms with van der Waals surface area (Å²) in [6.45, 7) is 2.02. The van der Waals surface area contributed by atoms with Crippen LogP contribution in [0.4, 0.5) is 0 Å². The Morgan fingerprint density at radius 3 is 2.35 bits per heavy atom. The second kappa shape index (κ2) is 5.52. The zero-order valence-electron chi connectivity index (χ0n) is 10.6. The van der Waals surface area contributed by atoms with E-state index in [4.69, 9.17) is 23.2 Å². The predicted molar refractivity (Wildman–Crippen MR) is 85.5 cm³/mol. The van der Waals surface area contributed by atoms with Gasteiger partial charge in [-0.25, -0.2) is 9.97 Å². The maximum atomic E-state index is 6.31. The number of hydrogen-bond donors (Lipinski definition) is 0. The van der Waals surface area contributed by atoms with Crippen LogP contribution in [-0.2, 0) is 0 Å². The zero-order valence-corrected chi connectivity index (χ0v) is 12.9. The number of thiophene rings is 1. The lowest BCUT2D eigenvalue weighted by atomic mass is 10.1. The molecule has 0 aliphatic rings. The van der Waals surface area contributed by atoms with Crippen LogP contribution in [0.3, 0.4) is 0 Å². The molecule has 0 unspecified atom stereocenters. The largest absolute Gasteiger partial charge is 0.215 e. The Kier molecular flexibility index (Phi) is 3.74. The van der Waals surface area contributed by atoms with Gasteiger partial charge in [-0.3, -0.25) is 0 Å². The van der Waals surface area contributed by atoms with Crippen molar-refractivity contribution in [1.82, 2.24) is 9.97 Å². The van der Waals surface area contributed by atoms with Gasteiger partial charge in [-0.15, -0.1) is 11.3 Å². The molecule has 0 atom stereocenters. The highest BCUT2D eigenvalue weighted by Gasteiger charge is 2.15. The molecular formula is C15H10Cl2N2S.